The SMILES string of the molecule is CO[C@@H]1CCOCC1n1cc(C(F)(F)F)cc(N)c1=O. The predicted octanol–water partition coefficient (Wildman–Crippen LogP) is 1.43. The van der Waals surface area contributed by atoms with E-state index in [2.05, 4.69) is 0 Å². The molecule has 1 saturated heterocycles. The average Bonchev–Trinajstić information content (AvgIpc) is 2.40. The second kappa shape index (κ2) is 5.45. The number of methoxy groups -OCH3 is 1. The lowest BCUT2D eigenvalue weighted by atomic mass is 10.1. The molecule has 1 aromatic heterocycles. The second-order valence-electron chi connectivity index (χ2n) is 4.60. The highest BCUT2D eigenvalue weighted by Crippen LogP contribution is 2.31. The first kappa shape index (κ1) is 14.9. The summed E-state index contributed by atoms with van der Waals surface area (Å²) in [5.41, 5.74) is 3.32. The van der Waals surface area contributed by atoms with Gasteiger partial charge in [0.2, 0.25) is 0 Å². The minimum absolute atomic E-state index is 0.110. The number of anilines is 1. The van der Waals surface area contributed by atoms with Crippen molar-refractivity contribution in [2.24, 2.45) is 0 Å². The van der Waals surface area contributed by atoms with Gasteiger partial charge in [-0.3, -0.25) is 4.79 Å². The topological polar surface area (TPSA) is 66.5 Å². The molecule has 112 valence electrons. The van der Waals surface area contributed by atoms with Crippen molar-refractivity contribution in [2.75, 3.05) is 26.1 Å². The molecule has 2 N–H and O–H groups in total. The molecule has 0 aromatic carbocycles. The van der Waals surface area contributed by atoms with Crippen molar-refractivity contribution < 1.29 is 22.6 Å². The molecule has 0 saturated carbocycles. The van der Waals surface area contributed by atoms with Gasteiger partial charge in [-0.1, -0.05) is 0 Å². The zero-order chi connectivity index (χ0) is 14.9. The van der Waals surface area contributed by atoms with E-state index in [1.807, 2.05) is 0 Å². The third-order valence-electron chi connectivity index (χ3n) is 3.32. The third-order valence-corrected chi connectivity index (χ3v) is 3.32. The van der Waals surface area contributed by atoms with Crippen LogP contribution in [-0.2, 0) is 15.7 Å². The number of pyridine rings is 1. The van der Waals surface area contributed by atoms with Crippen LogP contribution < -0.4 is 11.3 Å². The van der Waals surface area contributed by atoms with Gasteiger partial charge < -0.3 is 19.8 Å². The zero-order valence-electron chi connectivity index (χ0n) is 10.8. The van der Waals surface area contributed by atoms with Crippen LogP contribution in [0.5, 0.6) is 0 Å². The van der Waals surface area contributed by atoms with Gasteiger partial charge >= 0.3 is 6.18 Å². The van der Waals surface area contributed by atoms with E-state index in [0.29, 0.717) is 19.1 Å². The Kier molecular flexibility index (Phi) is 4.05. The Morgan fingerprint density at radius 1 is 1.50 bits per heavy atom. The highest BCUT2D eigenvalue weighted by atomic mass is 19.4. The van der Waals surface area contributed by atoms with Crippen LogP contribution in [0.2, 0.25) is 0 Å². The van der Waals surface area contributed by atoms with E-state index in [1.54, 1.807) is 0 Å². The molecule has 2 atom stereocenters. The fourth-order valence-electron chi connectivity index (χ4n) is 2.26. The third kappa shape index (κ3) is 2.80. The predicted molar refractivity (Wildman–Crippen MR) is 65.4 cm³/mol. The van der Waals surface area contributed by atoms with Gasteiger partial charge in [-0.05, 0) is 12.5 Å². The standard InChI is InChI=1S/C12H15F3N2O3/c1-19-10-2-3-20-6-9(10)17-5-7(12(13,14)15)4-8(16)11(17)18/h4-5,9-10H,2-3,6,16H2,1H3/t9?,10-/m1/s1. The minimum Gasteiger partial charge on any atom is -0.394 e. The maximum Gasteiger partial charge on any atom is 0.417 e. The minimum atomic E-state index is -4.57. The number of halogens is 3. The van der Waals surface area contributed by atoms with Crippen LogP contribution in [0.3, 0.4) is 0 Å². The Hall–Kier alpha value is -1.54. The van der Waals surface area contributed by atoms with Crippen LogP contribution in [-0.4, -0.2) is 31.0 Å². The van der Waals surface area contributed by atoms with E-state index in [-0.39, 0.29) is 12.7 Å². The fraction of sp³-hybridized carbons (Fsp3) is 0.583. The monoisotopic (exact) mass is 292 g/mol. The van der Waals surface area contributed by atoms with Gasteiger partial charge in [0.05, 0.1) is 30.0 Å². The number of alkyl halides is 3. The molecule has 1 unspecified atom stereocenters. The Bertz CT molecular complexity index is 542. The Morgan fingerprint density at radius 2 is 2.20 bits per heavy atom. The molecule has 1 aliphatic rings. The molecule has 2 rings (SSSR count). The Morgan fingerprint density at radius 3 is 2.80 bits per heavy atom. The molecule has 0 bridgehead atoms. The summed E-state index contributed by atoms with van der Waals surface area (Å²) in [7, 11) is 1.45. The van der Waals surface area contributed by atoms with Gasteiger partial charge in [0.25, 0.3) is 5.56 Å². The maximum absolute atomic E-state index is 12.8. The summed E-state index contributed by atoms with van der Waals surface area (Å²) in [4.78, 5) is 12.0. The summed E-state index contributed by atoms with van der Waals surface area (Å²) in [5.74, 6) is 0. The Labute approximate surface area is 113 Å². The first-order valence-corrected chi connectivity index (χ1v) is 6.04. The molecule has 0 radical (unpaired) electrons. The van der Waals surface area contributed by atoms with Crippen LogP contribution in [0, 0.1) is 0 Å². The van der Waals surface area contributed by atoms with Crippen LogP contribution in [0.4, 0.5) is 18.9 Å². The molecule has 5 nitrogen and oxygen atoms in total. The smallest absolute Gasteiger partial charge is 0.394 e. The van der Waals surface area contributed by atoms with E-state index >= 15 is 0 Å². The van der Waals surface area contributed by atoms with Crippen LogP contribution in [0.15, 0.2) is 17.1 Å². The largest absolute Gasteiger partial charge is 0.417 e. The number of hydrogen-bond donors (Lipinski definition) is 1. The molecular weight excluding hydrogens is 277 g/mol. The highest BCUT2D eigenvalue weighted by molar-refractivity contribution is 5.39. The van der Waals surface area contributed by atoms with E-state index in [9.17, 15) is 18.0 Å². The number of rotatable bonds is 2. The summed E-state index contributed by atoms with van der Waals surface area (Å²) in [6, 6.07) is 0.0236. The molecule has 2 heterocycles. The summed E-state index contributed by atoms with van der Waals surface area (Å²) in [6.07, 6.45) is -3.68. The van der Waals surface area contributed by atoms with Gasteiger partial charge in [0, 0.05) is 19.9 Å². The van der Waals surface area contributed by atoms with Crippen LogP contribution >= 0.6 is 0 Å². The number of nitrogens with zero attached hydrogens (tertiary/aromatic N) is 1. The molecule has 1 aromatic rings. The molecule has 8 heteroatoms. The van der Waals surface area contributed by atoms with Crippen molar-refractivity contribution in [2.45, 2.75) is 24.7 Å². The second-order valence-corrected chi connectivity index (χ2v) is 4.60. The zero-order valence-corrected chi connectivity index (χ0v) is 10.8. The van der Waals surface area contributed by atoms with E-state index in [0.717, 1.165) is 10.8 Å². The molecule has 0 spiro atoms. The lowest BCUT2D eigenvalue weighted by molar-refractivity contribution is -0.138. The average molecular weight is 292 g/mol. The maximum atomic E-state index is 12.8. The molecule has 1 fully saturated rings. The molecule has 1 aliphatic heterocycles. The van der Waals surface area contributed by atoms with E-state index in [1.165, 1.54) is 7.11 Å². The summed E-state index contributed by atoms with van der Waals surface area (Å²) >= 11 is 0. The lowest BCUT2D eigenvalue weighted by Gasteiger charge is -2.32. The number of nitrogens with two attached hydrogens (primary N) is 1. The fourth-order valence-corrected chi connectivity index (χ4v) is 2.26. The Balaban J connectivity index is 2.49. The van der Waals surface area contributed by atoms with Crippen molar-refractivity contribution in [1.82, 2.24) is 4.57 Å². The van der Waals surface area contributed by atoms with E-state index < -0.39 is 29.0 Å². The molecule has 0 amide bonds. The quantitative estimate of drug-likeness (QED) is 0.895. The molecule has 20 heavy (non-hydrogen) atoms. The number of nitrogen functional groups attached to an aromatic ring is 1. The van der Waals surface area contributed by atoms with Crippen molar-refractivity contribution in [3.05, 3.63) is 28.2 Å². The van der Waals surface area contributed by atoms with Gasteiger partial charge in [0.15, 0.2) is 0 Å². The van der Waals surface area contributed by atoms with Gasteiger partial charge in [-0.15, -0.1) is 0 Å². The lowest BCUT2D eigenvalue weighted by Crippen LogP contribution is -2.41. The van der Waals surface area contributed by atoms with Crippen molar-refractivity contribution in [3.8, 4) is 0 Å². The van der Waals surface area contributed by atoms with Crippen LogP contribution in [0.1, 0.15) is 18.0 Å². The van der Waals surface area contributed by atoms with Crippen molar-refractivity contribution in [1.29, 1.82) is 0 Å². The molecular formula is C12H15F3N2O3. The number of aromatic nitrogens is 1. The first-order valence-electron chi connectivity index (χ1n) is 6.04. The first-order chi connectivity index (χ1) is 9.34. The van der Waals surface area contributed by atoms with Gasteiger partial charge in [-0.25, -0.2) is 0 Å². The van der Waals surface area contributed by atoms with Gasteiger partial charge in [0.1, 0.15) is 0 Å². The molecule has 0 aliphatic carbocycles. The van der Waals surface area contributed by atoms with Crippen molar-refractivity contribution >= 4 is 5.69 Å². The summed E-state index contributed by atoms with van der Waals surface area (Å²) in [5, 5.41) is 0. The van der Waals surface area contributed by atoms with Gasteiger partial charge in [-0.2, -0.15) is 13.2 Å². The normalized spacial score (nSPS) is 23.8. The summed E-state index contributed by atoms with van der Waals surface area (Å²) in [6.45, 7) is 0.553. The van der Waals surface area contributed by atoms with E-state index in [4.69, 9.17) is 15.2 Å². The van der Waals surface area contributed by atoms with Crippen molar-refractivity contribution in [3.63, 3.8) is 0 Å². The van der Waals surface area contributed by atoms with Crippen LogP contribution in [0.25, 0.3) is 0 Å². The summed E-state index contributed by atoms with van der Waals surface area (Å²) < 4.78 is 49.8. The number of ether oxygens (including phenoxy) is 2. The number of hydrogen-bond acceptors (Lipinski definition) is 4. The highest BCUT2D eigenvalue weighted by Gasteiger charge is 2.34.